The van der Waals surface area contributed by atoms with E-state index < -0.39 is 5.13 Å². The number of halogens is 2. The second kappa shape index (κ2) is 6.34. The van der Waals surface area contributed by atoms with Gasteiger partial charge in [0.2, 0.25) is 11.0 Å². The molecule has 1 aromatic carbocycles. The van der Waals surface area contributed by atoms with Crippen LogP contribution in [0.3, 0.4) is 0 Å². The predicted molar refractivity (Wildman–Crippen MR) is 83.9 cm³/mol. The van der Waals surface area contributed by atoms with Gasteiger partial charge in [-0.1, -0.05) is 35.5 Å². The molecule has 0 bridgehead atoms. The first kappa shape index (κ1) is 16.3. The van der Waals surface area contributed by atoms with Gasteiger partial charge in [-0.15, -0.1) is 0 Å². The molecule has 1 aliphatic rings. The van der Waals surface area contributed by atoms with Gasteiger partial charge in [0.15, 0.2) is 5.17 Å². The number of hydrogen-bond donors (Lipinski definition) is 1. The number of hydrogen-bond acceptors (Lipinski definition) is 4. The number of thioether (sulfide) groups is 1. The van der Waals surface area contributed by atoms with Crippen molar-refractivity contribution in [1.29, 1.82) is 5.41 Å². The lowest BCUT2D eigenvalue weighted by molar-refractivity contribution is -0.115. The Morgan fingerprint density at radius 3 is 2.86 bits per heavy atom. The Hall–Kier alpha value is -1.11. The smallest absolute Gasteiger partial charge is 0.243 e. The minimum absolute atomic E-state index is 0.129. The molecule has 21 heavy (non-hydrogen) atoms. The molecule has 1 fully saturated rings. The summed E-state index contributed by atoms with van der Waals surface area (Å²) < 4.78 is 18.5. The maximum Gasteiger partial charge on any atom is 0.243 e. The second-order valence-corrected chi connectivity index (χ2v) is 6.77. The fourth-order valence-electron chi connectivity index (χ4n) is 1.96. The van der Waals surface area contributed by atoms with Gasteiger partial charge in [-0.3, -0.25) is 15.1 Å². The lowest BCUT2D eigenvalue weighted by Crippen LogP contribution is -2.30. The van der Waals surface area contributed by atoms with E-state index in [0.717, 1.165) is 11.1 Å². The van der Waals surface area contributed by atoms with Crippen molar-refractivity contribution in [2.24, 2.45) is 0 Å². The molecule has 0 aromatic heterocycles. The van der Waals surface area contributed by atoms with Crippen LogP contribution in [-0.4, -0.2) is 28.6 Å². The van der Waals surface area contributed by atoms with Crippen molar-refractivity contribution >= 4 is 40.1 Å². The Balaban J connectivity index is 2.22. The van der Waals surface area contributed by atoms with Crippen LogP contribution < -0.4 is 4.90 Å². The number of carbonyl (C=O) groups is 1. The Bertz CT molecular complexity index is 559. The lowest BCUT2D eigenvalue weighted by Gasteiger charge is -2.20. The van der Waals surface area contributed by atoms with E-state index in [0.29, 0.717) is 5.69 Å². The van der Waals surface area contributed by atoms with Gasteiger partial charge in [0.05, 0.1) is 24.7 Å². The lowest BCUT2D eigenvalue weighted by atomic mass is 10.1. The summed E-state index contributed by atoms with van der Waals surface area (Å²) >= 11 is 6.63. The van der Waals surface area contributed by atoms with Crippen molar-refractivity contribution in [2.75, 3.05) is 17.3 Å². The molecule has 1 N–H and O–H groups in total. The Labute approximate surface area is 132 Å². The zero-order chi connectivity index (χ0) is 15.6. The first-order valence-electron chi connectivity index (χ1n) is 6.37. The van der Waals surface area contributed by atoms with E-state index in [-0.39, 0.29) is 30.0 Å². The third-order valence-corrected chi connectivity index (χ3v) is 3.84. The molecule has 1 atom stereocenters. The monoisotopic (exact) mass is 330 g/mol. The second-order valence-electron chi connectivity index (χ2n) is 5.02. The van der Waals surface area contributed by atoms with Crippen LogP contribution in [-0.2, 0) is 16.1 Å². The number of amidine groups is 1. The summed E-state index contributed by atoms with van der Waals surface area (Å²) in [5, 5.41) is 6.14. The molecule has 4 nitrogen and oxygen atoms in total. The van der Waals surface area contributed by atoms with Crippen LogP contribution in [0.4, 0.5) is 10.1 Å². The van der Waals surface area contributed by atoms with Gasteiger partial charge in [0, 0.05) is 5.56 Å². The van der Waals surface area contributed by atoms with Gasteiger partial charge in [-0.25, -0.2) is 4.39 Å². The third-order valence-electron chi connectivity index (χ3n) is 2.88. The predicted octanol–water partition coefficient (Wildman–Crippen LogP) is 3.45. The maximum atomic E-state index is 13.2. The summed E-state index contributed by atoms with van der Waals surface area (Å²) in [4.78, 5) is 13.3. The van der Waals surface area contributed by atoms with Crippen LogP contribution in [0.5, 0.6) is 0 Å². The largest absolute Gasteiger partial charge is 0.372 e. The molecule has 1 amide bonds. The van der Waals surface area contributed by atoms with Gasteiger partial charge < -0.3 is 4.74 Å². The Morgan fingerprint density at radius 1 is 1.57 bits per heavy atom. The minimum Gasteiger partial charge on any atom is -0.372 e. The molecular formula is C14H16ClFN2O2S. The highest BCUT2D eigenvalue weighted by atomic mass is 35.5. The van der Waals surface area contributed by atoms with Crippen molar-refractivity contribution in [3.05, 3.63) is 29.3 Å². The summed E-state index contributed by atoms with van der Waals surface area (Å²) in [6, 6.07) is 5.53. The number of anilines is 1. The van der Waals surface area contributed by atoms with Crippen LogP contribution in [0.2, 0.25) is 0 Å². The first-order chi connectivity index (χ1) is 9.78. The van der Waals surface area contributed by atoms with E-state index >= 15 is 0 Å². The highest BCUT2D eigenvalue weighted by Gasteiger charge is 2.30. The molecule has 114 valence electrons. The summed E-state index contributed by atoms with van der Waals surface area (Å²) in [5.41, 5.74) is 2.31. The van der Waals surface area contributed by atoms with Gasteiger partial charge in [-0.2, -0.15) is 0 Å². The molecule has 1 saturated heterocycles. The van der Waals surface area contributed by atoms with Crippen molar-refractivity contribution in [3.63, 3.8) is 0 Å². The molecule has 0 aliphatic carbocycles. The number of rotatable bonds is 5. The topological polar surface area (TPSA) is 53.4 Å². The van der Waals surface area contributed by atoms with Gasteiger partial charge in [0.25, 0.3) is 0 Å². The molecule has 1 aromatic rings. The van der Waals surface area contributed by atoms with Crippen molar-refractivity contribution < 1.29 is 13.9 Å². The average Bonchev–Trinajstić information content (AvgIpc) is 2.69. The van der Waals surface area contributed by atoms with Gasteiger partial charge >= 0.3 is 0 Å². The molecule has 2 rings (SSSR count). The van der Waals surface area contributed by atoms with E-state index in [9.17, 15) is 9.18 Å². The normalized spacial score (nSPS) is 18.2. The zero-order valence-corrected chi connectivity index (χ0v) is 13.4. The van der Waals surface area contributed by atoms with Crippen LogP contribution >= 0.6 is 23.4 Å². The standard InChI is InChI=1S/C14H16ClFN2O2S/c1-9-3-4-10(6-20-8-14(2,15)16)11(5-9)18-12(19)7-21-13(18)17/h3-5,17H,6-8H2,1-2H3. The van der Waals surface area contributed by atoms with Crippen molar-refractivity contribution in [3.8, 4) is 0 Å². The Kier molecular flexibility index (Phi) is 4.91. The molecule has 0 saturated carbocycles. The quantitative estimate of drug-likeness (QED) is 0.841. The molecule has 7 heteroatoms. The SMILES string of the molecule is Cc1ccc(COCC(C)(F)Cl)c(N2C(=N)SCC2=O)c1. The number of nitrogens with one attached hydrogen (secondary N) is 1. The average molecular weight is 331 g/mol. The summed E-state index contributed by atoms with van der Waals surface area (Å²) in [7, 11) is 0. The number of ether oxygens (including phenoxy) is 1. The highest BCUT2D eigenvalue weighted by Crippen LogP contribution is 2.30. The first-order valence-corrected chi connectivity index (χ1v) is 7.74. The molecule has 0 radical (unpaired) electrons. The van der Waals surface area contributed by atoms with Gasteiger partial charge in [0.1, 0.15) is 0 Å². The van der Waals surface area contributed by atoms with E-state index in [1.54, 1.807) is 0 Å². The fraction of sp³-hybridized carbons (Fsp3) is 0.429. The number of aryl methyl sites for hydroxylation is 1. The van der Waals surface area contributed by atoms with E-state index in [1.807, 2.05) is 25.1 Å². The third kappa shape index (κ3) is 4.18. The number of carbonyl (C=O) groups excluding carboxylic acids is 1. The summed E-state index contributed by atoms with van der Waals surface area (Å²) in [5.74, 6) is 0.127. The molecular weight excluding hydrogens is 315 g/mol. The molecule has 1 heterocycles. The number of amides is 1. The van der Waals surface area contributed by atoms with Crippen molar-refractivity contribution in [2.45, 2.75) is 25.6 Å². The van der Waals surface area contributed by atoms with Crippen molar-refractivity contribution in [1.82, 2.24) is 0 Å². The molecule has 1 unspecified atom stereocenters. The van der Waals surface area contributed by atoms with E-state index in [4.69, 9.17) is 21.7 Å². The van der Waals surface area contributed by atoms with E-state index in [2.05, 4.69) is 0 Å². The van der Waals surface area contributed by atoms with Crippen LogP contribution in [0.1, 0.15) is 18.1 Å². The summed E-state index contributed by atoms with van der Waals surface area (Å²) in [6.07, 6.45) is 0. The molecule has 1 aliphatic heterocycles. The minimum atomic E-state index is -1.92. The van der Waals surface area contributed by atoms with Crippen LogP contribution in [0.25, 0.3) is 0 Å². The Morgan fingerprint density at radius 2 is 2.29 bits per heavy atom. The van der Waals surface area contributed by atoms with Crippen LogP contribution in [0, 0.1) is 12.3 Å². The molecule has 0 spiro atoms. The number of nitrogens with zero attached hydrogens (tertiary/aromatic N) is 1. The number of benzene rings is 1. The zero-order valence-electron chi connectivity index (χ0n) is 11.8. The number of alkyl halides is 2. The fourth-order valence-corrected chi connectivity index (χ4v) is 2.76. The van der Waals surface area contributed by atoms with E-state index in [1.165, 1.54) is 23.6 Å². The summed E-state index contributed by atoms with van der Waals surface area (Å²) in [6.45, 7) is 3.01. The highest BCUT2D eigenvalue weighted by molar-refractivity contribution is 8.15. The van der Waals surface area contributed by atoms with Gasteiger partial charge in [-0.05, 0) is 25.5 Å². The van der Waals surface area contributed by atoms with Crippen LogP contribution in [0.15, 0.2) is 18.2 Å². The maximum absolute atomic E-state index is 13.2.